The fourth-order valence-corrected chi connectivity index (χ4v) is 3.58. The molecule has 1 aliphatic rings. The molecule has 8 nitrogen and oxygen atoms in total. The lowest BCUT2D eigenvalue weighted by Gasteiger charge is -2.32. The fourth-order valence-electron chi connectivity index (χ4n) is 3.58. The van der Waals surface area contributed by atoms with Gasteiger partial charge in [-0.05, 0) is 43.0 Å². The summed E-state index contributed by atoms with van der Waals surface area (Å²) in [7, 11) is 3.03. The van der Waals surface area contributed by atoms with Crippen LogP contribution in [0.25, 0.3) is 0 Å². The van der Waals surface area contributed by atoms with Crippen LogP contribution in [0.3, 0.4) is 0 Å². The van der Waals surface area contributed by atoms with E-state index in [1.165, 1.54) is 20.3 Å². The van der Waals surface area contributed by atoms with E-state index in [0.29, 0.717) is 28.8 Å². The highest BCUT2D eigenvalue weighted by molar-refractivity contribution is 6.06. The molecule has 0 bridgehead atoms. The largest absolute Gasteiger partial charge is 0.497 e. The minimum Gasteiger partial charge on any atom is -0.497 e. The summed E-state index contributed by atoms with van der Waals surface area (Å²) in [6.07, 6.45) is 2.12. The number of carbonyl (C=O) groups excluding carboxylic acids is 1. The minimum atomic E-state index is -0.449. The van der Waals surface area contributed by atoms with Gasteiger partial charge in [0.05, 0.1) is 24.8 Å². The highest BCUT2D eigenvalue weighted by Crippen LogP contribution is 2.33. The number of carbonyl (C=O) groups is 1. The van der Waals surface area contributed by atoms with Crippen molar-refractivity contribution >= 4 is 23.0 Å². The van der Waals surface area contributed by atoms with Crippen LogP contribution in [0.15, 0.2) is 36.4 Å². The summed E-state index contributed by atoms with van der Waals surface area (Å²) in [5.74, 6) is 1.06. The third-order valence-corrected chi connectivity index (χ3v) is 5.09. The summed E-state index contributed by atoms with van der Waals surface area (Å²) in [5.41, 5.74) is 1.16. The first-order chi connectivity index (χ1) is 13.9. The van der Waals surface area contributed by atoms with Crippen molar-refractivity contribution in [1.29, 1.82) is 0 Å². The lowest BCUT2D eigenvalue weighted by molar-refractivity contribution is -0.384. The second-order valence-electron chi connectivity index (χ2n) is 7.17. The van der Waals surface area contributed by atoms with E-state index in [0.717, 1.165) is 25.9 Å². The summed E-state index contributed by atoms with van der Waals surface area (Å²) >= 11 is 0. The van der Waals surface area contributed by atoms with Gasteiger partial charge in [-0.15, -0.1) is 0 Å². The monoisotopic (exact) mass is 399 g/mol. The third-order valence-electron chi connectivity index (χ3n) is 5.09. The van der Waals surface area contributed by atoms with Crippen molar-refractivity contribution in [2.45, 2.75) is 19.8 Å². The van der Waals surface area contributed by atoms with Crippen LogP contribution in [0, 0.1) is 16.0 Å². The van der Waals surface area contributed by atoms with E-state index >= 15 is 0 Å². The molecule has 0 unspecified atom stereocenters. The van der Waals surface area contributed by atoms with Gasteiger partial charge in [0, 0.05) is 30.8 Å². The Bertz CT molecular complexity index is 915. The Morgan fingerprint density at radius 3 is 2.66 bits per heavy atom. The lowest BCUT2D eigenvalue weighted by atomic mass is 9.99. The number of anilines is 2. The van der Waals surface area contributed by atoms with Crippen molar-refractivity contribution in [3.63, 3.8) is 0 Å². The van der Waals surface area contributed by atoms with Gasteiger partial charge in [0.2, 0.25) is 0 Å². The average Bonchev–Trinajstić information content (AvgIpc) is 2.73. The van der Waals surface area contributed by atoms with Crippen molar-refractivity contribution in [2.75, 3.05) is 37.5 Å². The van der Waals surface area contributed by atoms with E-state index < -0.39 is 10.8 Å². The van der Waals surface area contributed by atoms with Gasteiger partial charge in [-0.1, -0.05) is 6.92 Å². The van der Waals surface area contributed by atoms with Crippen molar-refractivity contribution in [2.24, 2.45) is 5.92 Å². The Hall–Kier alpha value is -3.29. The highest BCUT2D eigenvalue weighted by Gasteiger charge is 2.25. The maximum atomic E-state index is 12.7. The topological polar surface area (TPSA) is 93.9 Å². The quantitative estimate of drug-likeness (QED) is 0.581. The summed E-state index contributed by atoms with van der Waals surface area (Å²) in [5, 5.41) is 14.4. The zero-order valence-electron chi connectivity index (χ0n) is 16.8. The van der Waals surface area contributed by atoms with Crippen molar-refractivity contribution in [3.05, 3.63) is 52.1 Å². The molecule has 0 aliphatic carbocycles. The highest BCUT2D eigenvalue weighted by atomic mass is 16.6. The van der Waals surface area contributed by atoms with E-state index in [9.17, 15) is 14.9 Å². The number of ether oxygens (including phenoxy) is 2. The summed E-state index contributed by atoms with van der Waals surface area (Å²) in [4.78, 5) is 26.0. The molecule has 1 N–H and O–H groups in total. The lowest BCUT2D eigenvalue weighted by Crippen LogP contribution is -2.34. The van der Waals surface area contributed by atoms with E-state index in [1.807, 2.05) is 4.90 Å². The van der Waals surface area contributed by atoms with Gasteiger partial charge in [0.1, 0.15) is 17.2 Å². The van der Waals surface area contributed by atoms with Gasteiger partial charge >= 0.3 is 0 Å². The third kappa shape index (κ3) is 4.59. The molecule has 1 amide bonds. The zero-order chi connectivity index (χ0) is 21.0. The number of hydrogen-bond donors (Lipinski definition) is 1. The van der Waals surface area contributed by atoms with Crippen molar-refractivity contribution in [1.82, 2.24) is 0 Å². The Labute approximate surface area is 169 Å². The van der Waals surface area contributed by atoms with Crippen LogP contribution in [0.1, 0.15) is 30.1 Å². The molecule has 1 fully saturated rings. The van der Waals surface area contributed by atoms with Crippen LogP contribution in [-0.4, -0.2) is 38.1 Å². The van der Waals surface area contributed by atoms with Gasteiger partial charge < -0.3 is 19.7 Å². The Balaban J connectivity index is 1.86. The van der Waals surface area contributed by atoms with Crippen LogP contribution < -0.4 is 19.7 Å². The van der Waals surface area contributed by atoms with Gasteiger partial charge in [0.25, 0.3) is 11.6 Å². The average molecular weight is 399 g/mol. The first-order valence-corrected chi connectivity index (χ1v) is 9.49. The van der Waals surface area contributed by atoms with Crippen LogP contribution in [0.5, 0.6) is 11.5 Å². The maximum absolute atomic E-state index is 12.7. The summed E-state index contributed by atoms with van der Waals surface area (Å²) < 4.78 is 10.4. The predicted octanol–water partition coefficient (Wildman–Crippen LogP) is 4.10. The molecular weight excluding hydrogens is 374 g/mol. The standard InChI is InChI=1S/C21H25N3O5/c1-14-5-4-10-23(13-14)18-9-6-15(11-19(18)24(26)27)21(25)22-17-8-7-16(28-2)12-20(17)29-3/h6-9,11-12,14H,4-5,10,13H2,1-3H3,(H,22,25)/t14-/m1/s1. The molecule has 0 spiro atoms. The number of piperidine rings is 1. The number of amides is 1. The smallest absolute Gasteiger partial charge is 0.293 e. The molecule has 0 saturated carbocycles. The normalized spacial score (nSPS) is 16.2. The van der Waals surface area contributed by atoms with Gasteiger partial charge in [-0.3, -0.25) is 14.9 Å². The first-order valence-electron chi connectivity index (χ1n) is 9.49. The molecule has 154 valence electrons. The Kier molecular flexibility index (Phi) is 6.21. The SMILES string of the molecule is COc1ccc(NC(=O)c2ccc(N3CCC[C@@H](C)C3)c([N+](=O)[O-])c2)c(OC)c1. The molecule has 3 rings (SSSR count). The molecule has 8 heteroatoms. The molecule has 1 aliphatic heterocycles. The fraction of sp³-hybridized carbons (Fsp3) is 0.381. The molecule has 0 radical (unpaired) electrons. The van der Waals surface area contributed by atoms with Crippen molar-refractivity contribution < 1.29 is 19.2 Å². The van der Waals surface area contributed by atoms with Gasteiger partial charge in [-0.2, -0.15) is 0 Å². The number of methoxy groups -OCH3 is 2. The Morgan fingerprint density at radius 1 is 1.21 bits per heavy atom. The van der Waals surface area contributed by atoms with Crippen LogP contribution in [-0.2, 0) is 0 Å². The number of nitro benzene ring substituents is 1. The molecule has 1 atom stereocenters. The molecule has 1 heterocycles. The van der Waals surface area contributed by atoms with E-state index in [2.05, 4.69) is 12.2 Å². The van der Waals surface area contributed by atoms with E-state index in [1.54, 1.807) is 30.3 Å². The summed E-state index contributed by atoms with van der Waals surface area (Å²) in [6, 6.07) is 9.62. The van der Waals surface area contributed by atoms with E-state index in [4.69, 9.17) is 9.47 Å². The molecular formula is C21H25N3O5. The number of nitrogens with zero attached hydrogens (tertiary/aromatic N) is 2. The molecule has 2 aromatic carbocycles. The molecule has 1 saturated heterocycles. The number of nitrogens with one attached hydrogen (secondary N) is 1. The number of hydrogen-bond acceptors (Lipinski definition) is 6. The number of benzene rings is 2. The first kappa shape index (κ1) is 20.4. The van der Waals surface area contributed by atoms with Crippen LogP contribution >= 0.6 is 0 Å². The second kappa shape index (κ2) is 8.81. The number of rotatable bonds is 6. The minimum absolute atomic E-state index is 0.0616. The summed E-state index contributed by atoms with van der Waals surface area (Å²) in [6.45, 7) is 3.69. The van der Waals surface area contributed by atoms with Gasteiger partial charge in [-0.25, -0.2) is 0 Å². The zero-order valence-corrected chi connectivity index (χ0v) is 16.8. The predicted molar refractivity (Wildman–Crippen MR) is 111 cm³/mol. The molecule has 0 aromatic heterocycles. The van der Waals surface area contributed by atoms with Crippen LogP contribution in [0.4, 0.5) is 17.1 Å². The van der Waals surface area contributed by atoms with E-state index in [-0.39, 0.29) is 11.3 Å². The van der Waals surface area contributed by atoms with Crippen LogP contribution in [0.2, 0.25) is 0 Å². The van der Waals surface area contributed by atoms with Crippen molar-refractivity contribution in [3.8, 4) is 11.5 Å². The molecule has 29 heavy (non-hydrogen) atoms. The molecule has 2 aromatic rings. The second-order valence-corrected chi connectivity index (χ2v) is 7.17. The number of nitro groups is 1. The Morgan fingerprint density at radius 2 is 2.00 bits per heavy atom. The maximum Gasteiger partial charge on any atom is 0.293 e. The van der Waals surface area contributed by atoms with Gasteiger partial charge in [0.15, 0.2) is 0 Å².